The number of nitrogens with zero attached hydrogens (tertiary/aromatic N) is 1. The van der Waals surface area contributed by atoms with Gasteiger partial charge in [-0.15, -0.1) is 0 Å². The molecule has 1 aromatic rings. The van der Waals surface area contributed by atoms with Gasteiger partial charge in [0.1, 0.15) is 0 Å². The SMILES string of the molecule is CC1(C)CCC(Nc2ccc(C#N)cc2N)C1. The monoisotopic (exact) mass is 229 g/mol. The van der Waals surface area contributed by atoms with Gasteiger partial charge in [-0.25, -0.2) is 0 Å². The summed E-state index contributed by atoms with van der Waals surface area (Å²) in [7, 11) is 0. The molecule has 17 heavy (non-hydrogen) atoms. The molecule has 3 nitrogen and oxygen atoms in total. The molecular weight excluding hydrogens is 210 g/mol. The second kappa shape index (κ2) is 4.29. The summed E-state index contributed by atoms with van der Waals surface area (Å²) in [4.78, 5) is 0. The van der Waals surface area contributed by atoms with Crippen LogP contribution in [0.4, 0.5) is 11.4 Å². The van der Waals surface area contributed by atoms with Crippen LogP contribution >= 0.6 is 0 Å². The third-order valence-corrected chi connectivity index (χ3v) is 3.51. The van der Waals surface area contributed by atoms with E-state index >= 15 is 0 Å². The second-order valence-electron chi connectivity index (χ2n) is 5.66. The van der Waals surface area contributed by atoms with E-state index in [9.17, 15) is 0 Å². The zero-order valence-corrected chi connectivity index (χ0v) is 10.5. The van der Waals surface area contributed by atoms with Crippen LogP contribution < -0.4 is 11.1 Å². The highest BCUT2D eigenvalue weighted by atomic mass is 14.9. The first-order chi connectivity index (χ1) is 8.00. The van der Waals surface area contributed by atoms with E-state index in [2.05, 4.69) is 25.2 Å². The Kier molecular flexibility index (Phi) is 2.97. The molecule has 1 unspecified atom stereocenters. The third kappa shape index (κ3) is 2.71. The topological polar surface area (TPSA) is 61.8 Å². The lowest BCUT2D eigenvalue weighted by Crippen LogP contribution is -2.18. The molecule has 0 amide bonds. The van der Waals surface area contributed by atoms with E-state index in [-0.39, 0.29) is 0 Å². The number of benzene rings is 1. The van der Waals surface area contributed by atoms with Gasteiger partial charge in [0.25, 0.3) is 0 Å². The summed E-state index contributed by atoms with van der Waals surface area (Å²) in [6.07, 6.45) is 3.61. The van der Waals surface area contributed by atoms with Crippen LogP contribution in [0.5, 0.6) is 0 Å². The molecule has 3 N–H and O–H groups in total. The number of nitrogens with two attached hydrogens (primary N) is 1. The first kappa shape index (κ1) is 11.8. The van der Waals surface area contributed by atoms with Crippen molar-refractivity contribution in [2.75, 3.05) is 11.1 Å². The van der Waals surface area contributed by atoms with Crippen molar-refractivity contribution < 1.29 is 0 Å². The van der Waals surface area contributed by atoms with E-state index in [0.717, 1.165) is 5.69 Å². The van der Waals surface area contributed by atoms with Gasteiger partial charge in [-0.3, -0.25) is 0 Å². The van der Waals surface area contributed by atoms with Gasteiger partial charge in [0.05, 0.1) is 23.0 Å². The van der Waals surface area contributed by atoms with E-state index in [1.165, 1.54) is 19.3 Å². The fraction of sp³-hybridized carbons (Fsp3) is 0.500. The third-order valence-electron chi connectivity index (χ3n) is 3.51. The largest absolute Gasteiger partial charge is 0.397 e. The van der Waals surface area contributed by atoms with E-state index in [1.54, 1.807) is 12.1 Å². The van der Waals surface area contributed by atoms with Gasteiger partial charge < -0.3 is 11.1 Å². The van der Waals surface area contributed by atoms with E-state index in [0.29, 0.717) is 22.7 Å². The number of nitriles is 1. The first-order valence-corrected chi connectivity index (χ1v) is 6.06. The van der Waals surface area contributed by atoms with E-state index in [4.69, 9.17) is 11.0 Å². The Hall–Kier alpha value is -1.69. The minimum absolute atomic E-state index is 0.430. The molecule has 0 aromatic heterocycles. The van der Waals surface area contributed by atoms with E-state index < -0.39 is 0 Å². The average Bonchev–Trinajstić information content (AvgIpc) is 2.61. The lowest BCUT2D eigenvalue weighted by atomic mass is 9.92. The van der Waals surface area contributed by atoms with Crippen molar-refractivity contribution in [1.82, 2.24) is 0 Å². The Labute approximate surface area is 103 Å². The molecule has 0 aliphatic heterocycles. The van der Waals surface area contributed by atoms with Crippen LogP contribution in [0, 0.1) is 16.7 Å². The Morgan fingerprint density at radius 1 is 1.47 bits per heavy atom. The maximum atomic E-state index is 8.78. The van der Waals surface area contributed by atoms with Crippen LogP contribution in [0.25, 0.3) is 0 Å². The number of hydrogen-bond acceptors (Lipinski definition) is 3. The van der Waals surface area contributed by atoms with Crippen LogP contribution in [0.3, 0.4) is 0 Å². The maximum Gasteiger partial charge on any atom is 0.0992 e. The van der Waals surface area contributed by atoms with Gasteiger partial charge in [-0.1, -0.05) is 13.8 Å². The Bertz CT molecular complexity index is 457. The molecule has 0 spiro atoms. The molecule has 1 aromatic carbocycles. The predicted octanol–water partition coefficient (Wildman–Crippen LogP) is 3.13. The molecule has 0 heterocycles. The fourth-order valence-corrected chi connectivity index (χ4v) is 2.54. The minimum atomic E-state index is 0.430. The predicted molar refractivity (Wildman–Crippen MR) is 70.6 cm³/mol. The molecule has 90 valence electrons. The standard InChI is InChI=1S/C14H19N3/c1-14(2)6-5-11(8-14)17-13-4-3-10(9-15)7-12(13)16/h3-4,7,11,17H,5-6,8,16H2,1-2H3. The highest BCUT2D eigenvalue weighted by molar-refractivity contribution is 5.68. The molecule has 0 saturated heterocycles. The number of nitrogen functional groups attached to an aromatic ring is 1. The van der Waals surface area contributed by atoms with Crippen molar-refractivity contribution in [3.05, 3.63) is 23.8 Å². The van der Waals surface area contributed by atoms with Gasteiger partial charge in [0.2, 0.25) is 0 Å². The first-order valence-electron chi connectivity index (χ1n) is 6.06. The van der Waals surface area contributed by atoms with Crippen molar-refractivity contribution >= 4 is 11.4 Å². The summed E-state index contributed by atoms with van der Waals surface area (Å²) < 4.78 is 0. The number of hydrogen-bond donors (Lipinski definition) is 2. The van der Waals surface area contributed by atoms with Gasteiger partial charge in [0, 0.05) is 6.04 Å². The zero-order chi connectivity index (χ0) is 12.5. The van der Waals surface area contributed by atoms with Gasteiger partial charge in [0.15, 0.2) is 0 Å². The Balaban J connectivity index is 2.08. The Morgan fingerprint density at radius 2 is 2.24 bits per heavy atom. The molecule has 1 aliphatic rings. The molecule has 0 bridgehead atoms. The molecule has 2 rings (SSSR count). The highest BCUT2D eigenvalue weighted by Gasteiger charge is 2.30. The molecule has 1 atom stereocenters. The number of nitrogens with one attached hydrogen (secondary N) is 1. The molecule has 1 saturated carbocycles. The minimum Gasteiger partial charge on any atom is -0.397 e. The highest BCUT2D eigenvalue weighted by Crippen LogP contribution is 2.38. The van der Waals surface area contributed by atoms with Crippen LogP contribution in [0.1, 0.15) is 38.7 Å². The van der Waals surface area contributed by atoms with Crippen molar-refractivity contribution in [2.24, 2.45) is 5.41 Å². The number of anilines is 2. The van der Waals surface area contributed by atoms with Crippen molar-refractivity contribution in [3.63, 3.8) is 0 Å². The number of rotatable bonds is 2. The molecule has 3 heteroatoms. The van der Waals surface area contributed by atoms with Crippen LogP contribution in [-0.2, 0) is 0 Å². The summed E-state index contributed by atoms with van der Waals surface area (Å²) in [5.74, 6) is 0. The van der Waals surface area contributed by atoms with Crippen LogP contribution in [0.2, 0.25) is 0 Å². The van der Waals surface area contributed by atoms with Gasteiger partial charge in [-0.2, -0.15) is 5.26 Å². The molecule has 0 radical (unpaired) electrons. The fourth-order valence-electron chi connectivity index (χ4n) is 2.54. The van der Waals surface area contributed by atoms with Gasteiger partial charge >= 0.3 is 0 Å². The van der Waals surface area contributed by atoms with Gasteiger partial charge in [-0.05, 0) is 42.9 Å². The maximum absolute atomic E-state index is 8.78. The van der Waals surface area contributed by atoms with E-state index in [1.807, 2.05) is 6.07 Å². The summed E-state index contributed by atoms with van der Waals surface area (Å²) in [5, 5.41) is 12.3. The lowest BCUT2D eigenvalue weighted by molar-refractivity contribution is 0.378. The lowest BCUT2D eigenvalue weighted by Gasteiger charge is -2.19. The Morgan fingerprint density at radius 3 is 2.76 bits per heavy atom. The summed E-state index contributed by atoms with van der Waals surface area (Å²) in [6, 6.07) is 8.03. The smallest absolute Gasteiger partial charge is 0.0992 e. The summed E-state index contributed by atoms with van der Waals surface area (Å²) in [5.41, 5.74) is 8.58. The van der Waals surface area contributed by atoms with Crippen molar-refractivity contribution in [3.8, 4) is 6.07 Å². The summed E-state index contributed by atoms with van der Waals surface area (Å²) in [6.45, 7) is 4.60. The van der Waals surface area contributed by atoms with Crippen molar-refractivity contribution in [2.45, 2.75) is 39.2 Å². The second-order valence-corrected chi connectivity index (χ2v) is 5.66. The summed E-state index contributed by atoms with van der Waals surface area (Å²) >= 11 is 0. The molecule has 1 aliphatic carbocycles. The quantitative estimate of drug-likeness (QED) is 0.766. The van der Waals surface area contributed by atoms with Crippen LogP contribution in [0.15, 0.2) is 18.2 Å². The van der Waals surface area contributed by atoms with Crippen LogP contribution in [-0.4, -0.2) is 6.04 Å². The van der Waals surface area contributed by atoms with Crippen molar-refractivity contribution in [1.29, 1.82) is 5.26 Å². The molecular formula is C14H19N3. The normalized spacial score (nSPS) is 22.1. The molecule has 1 fully saturated rings. The average molecular weight is 229 g/mol. The zero-order valence-electron chi connectivity index (χ0n) is 10.5.